The molecular weight excluding hydrogens is 272 g/mol. The molecule has 0 saturated carbocycles. The van der Waals surface area contributed by atoms with Gasteiger partial charge in [-0.15, -0.1) is 0 Å². The first-order chi connectivity index (χ1) is 10.1. The molecule has 21 heavy (non-hydrogen) atoms. The predicted octanol–water partition coefficient (Wildman–Crippen LogP) is 1.04. The molecule has 6 nitrogen and oxygen atoms in total. The van der Waals surface area contributed by atoms with Gasteiger partial charge in [0.2, 0.25) is 5.91 Å². The van der Waals surface area contributed by atoms with Crippen LogP contribution >= 0.6 is 0 Å². The summed E-state index contributed by atoms with van der Waals surface area (Å²) < 4.78 is 10.4. The molecule has 1 fully saturated rings. The van der Waals surface area contributed by atoms with Crippen LogP contribution in [0.5, 0.6) is 11.5 Å². The highest BCUT2D eigenvalue weighted by atomic mass is 16.5. The number of amides is 2. The van der Waals surface area contributed by atoms with Gasteiger partial charge in [-0.05, 0) is 31.0 Å². The van der Waals surface area contributed by atoms with E-state index in [0.717, 1.165) is 0 Å². The highest BCUT2D eigenvalue weighted by Crippen LogP contribution is 2.27. The molecule has 1 aliphatic rings. The van der Waals surface area contributed by atoms with Gasteiger partial charge in [0, 0.05) is 19.0 Å². The number of nitrogens with two attached hydrogens (primary N) is 1. The van der Waals surface area contributed by atoms with Gasteiger partial charge in [0.05, 0.1) is 19.8 Å². The van der Waals surface area contributed by atoms with Crippen molar-refractivity contribution < 1.29 is 19.1 Å². The van der Waals surface area contributed by atoms with Gasteiger partial charge < -0.3 is 20.1 Å². The van der Waals surface area contributed by atoms with Crippen molar-refractivity contribution >= 4 is 11.8 Å². The molecule has 6 heteroatoms. The largest absolute Gasteiger partial charge is 0.497 e. The molecule has 2 amide bonds. The van der Waals surface area contributed by atoms with Crippen molar-refractivity contribution in [3.8, 4) is 11.5 Å². The van der Waals surface area contributed by atoms with Crippen LogP contribution in [0.4, 0.5) is 0 Å². The number of hydrogen-bond donors (Lipinski definition) is 1. The number of carbonyl (C=O) groups is 2. The number of primary amides is 1. The number of methoxy groups -OCH3 is 2. The van der Waals surface area contributed by atoms with E-state index in [2.05, 4.69) is 0 Å². The lowest BCUT2D eigenvalue weighted by Gasteiger charge is -2.31. The Hall–Kier alpha value is -2.24. The number of carbonyl (C=O) groups excluding carboxylic acids is 2. The van der Waals surface area contributed by atoms with Crippen molar-refractivity contribution in [1.82, 2.24) is 4.90 Å². The Kier molecular flexibility index (Phi) is 4.67. The van der Waals surface area contributed by atoms with E-state index in [1.165, 1.54) is 7.11 Å². The average Bonchev–Trinajstić information content (AvgIpc) is 2.53. The fourth-order valence-corrected chi connectivity index (χ4v) is 2.52. The molecular formula is C15H20N2O4. The van der Waals surface area contributed by atoms with Crippen molar-refractivity contribution in [2.75, 3.05) is 27.3 Å². The second-order valence-electron chi connectivity index (χ2n) is 5.04. The first-order valence-corrected chi connectivity index (χ1v) is 6.87. The van der Waals surface area contributed by atoms with Crippen molar-refractivity contribution in [3.05, 3.63) is 23.8 Å². The Morgan fingerprint density at radius 2 is 1.86 bits per heavy atom. The number of hydrogen-bond acceptors (Lipinski definition) is 4. The summed E-state index contributed by atoms with van der Waals surface area (Å²) in [6.07, 6.45) is 1.21. The van der Waals surface area contributed by atoms with E-state index in [0.29, 0.717) is 43.0 Å². The van der Waals surface area contributed by atoms with Crippen molar-refractivity contribution in [3.63, 3.8) is 0 Å². The fourth-order valence-electron chi connectivity index (χ4n) is 2.52. The fraction of sp³-hybridized carbons (Fsp3) is 0.467. The SMILES string of the molecule is COc1ccc(OC)c(C(=O)N2CCC(C(N)=O)CC2)c1. The Labute approximate surface area is 123 Å². The van der Waals surface area contributed by atoms with Gasteiger partial charge in [-0.3, -0.25) is 9.59 Å². The van der Waals surface area contributed by atoms with E-state index in [-0.39, 0.29) is 17.7 Å². The van der Waals surface area contributed by atoms with E-state index in [4.69, 9.17) is 15.2 Å². The summed E-state index contributed by atoms with van der Waals surface area (Å²) in [6, 6.07) is 5.12. The number of ether oxygens (including phenoxy) is 2. The Morgan fingerprint density at radius 3 is 2.38 bits per heavy atom. The van der Waals surface area contributed by atoms with Gasteiger partial charge in [-0.2, -0.15) is 0 Å². The summed E-state index contributed by atoms with van der Waals surface area (Å²) in [5.41, 5.74) is 5.77. The highest BCUT2D eigenvalue weighted by Gasteiger charge is 2.28. The van der Waals surface area contributed by atoms with Crippen LogP contribution in [0.15, 0.2) is 18.2 Å². The third kappa shape index (κ3) is 3.26. The number of piperidine rings is 1. The summed E-state index contributed by atoms with van der Waals surface area (Å²) in [6.45, 7) is 1.04. The first-order valence-electron chi connectivity index (χ1n) is 6.87. The van der Waals surface area contributed by atoms with Gasteiger partial charge >= 0.3 is 0 Å². The summed E-state index contributed by atoms with van der Waals surface area (Å²) in [5.74, 6) is 0.569. The summed E-state index contributed by atoms with van der Waals surface area (Å²) in [5, 5.41) is 0. The second kappa shape index (κ2) is 6.47. The molecule has 0 unspecified atom stereocenters. The number of benzene rings is 1. The maximum atomic E-state index is 12.6. The minimum absolute atomic E-state index is 0.117. The molecule has 0 atom stereocenters. The molecule has 0 aromatic heterocycles. The van der Waals surface area contributed by atoms with Crippen LogP contribution in [-0.4, -0.2) is 44.0 Å². The molecule has 114 valence electrons. The Balaban J connectivity index is 2.15. The third-order valence-electron chi connectivity index (χ3n) is 3.82. The van der Waals surface area contributed by atoms with Crippen LogP contribution in [0.25, 0.3) is 0 Å². The van der Waals surface area contributed by atoms with Gasteiger partial charge in [0.15, 0.2) is 0 Å². The van der Waals surface area contributed by atoms with E-state index in [1.54, 1.807) is 30.2 Å². The second-order valence-corrected chi connectivity index (χ2v) is 5.04. The topological polar surface area (TPSA) is 81.9 Å². The lowest BCUT2D eigenvalue weighted by Crippen LogP contribution is -2.41. The minimum atomic E-state index is -0.291. The smallest absolute Gasteiger partial charge is 0.257 e. The number of rotatable bonds is 4. The molecule has 0 aliphatic carbocycles. The maximum Gasteiger partial charge on any atom is 0.257 e. The Morgan fingerprint density at radius 1 is 1.19 bits per heavy atom. The molecule has 0 spiro atoms. The van der Waals surface area contributed by atoms with Crippen LogP contribution in [0.3, 0.4) is 0 Å². The highest BCUT2D eigenvalue weighted by molar-refractivity contribution is 5.97. The molecule has 0 bridgehead atoms. The standard InChI is InChI=1S/C15H20N2O4/c1-20-11-3-4-13(21-2)12(9-11)15(19)17-7-5-10(6-8-17)14(16)18/h3-4,9-10H,5-8H2,1-2H3,(H2,16,18). The van der Waals surface area contributed by atoms with E-state index in [9.17, 15) is 9.59 Å². The van der Waals surface area contributed by atoms with Crippen LogP contribution in [0.2, 0.25) is 0 Å². The van der Waals surface area contributed by atoms with Crippen molar-refractivity contribution in [2.24, 2.45) is 11.7 Å². The van der Waals surface area contributed by atoms with Gasteiger partial charge in [0.1, 0.15) is 11.5 Å². The van der Waals surface area contributed by atoms with Crippen LogP contribution in [0, 0.1) is 5.92 Å². The van der Waals surface area contributed by atoms with Crippen LogP contribution in [-0.2, 0) is 4.79 Å². The minimum Gasteiger partial charge on any atom is -0.497 e. The third-order valence-corrected chi connectivity index (χ3v) is 3.82. The summed E-state index contributed by atoms with van der Waals surface area (Å²) in [7, 11) is 3.08. The van der Waals surface area contributed by atoms with E-state index < -0.39 is 0 Å². The predicted molar refractivity (Wildman–Crippen MR) is 77.4 cm³/mol. The molecule has 2 N–H and O–H groups in total. The van der Waals surface area contributed by atoms with Crippen LogP contribution in [0.1, 0.15) is 23.2 Å². The van der Waals surface area contributed by atoms with Gasteiger partial charge in [-0.1, -0.05) is 0 Å². The molecule has 1 aliphatic heterocycles. The van der Waals surface area contributed by atoms with Gasteiger partial charge in [0.25, 0.3) is 5.91 Å². The average molecular weight is 292 g/mol. The molecule has 1 heterocycles. The monoisotopic (exact) mass is 292 g/mol. The zero-order valence-electron chi connectivity index (χ0n) is 12.3. The van der Waals surface area contributed by atoms with E-state index >= 15 is 0 Å². The molecule has 1 saturated heterocycles. The van der Waals surface area contributed by atoms with Gasteiger partial charge in [-0.25, -0.2) is 0 Å². The zero-order chi connectivity index (χ0) is 15.4. The van der Waals surface area contributed by atoms with Crippen molar-refractivity contribution in [1.29, 1.82) is 0 Å². The quantitative estimate of drug-likeness (QED) is 0.899. The molecule has 1 aromatic rings. The van der Waals surface area contributed by atoms with E-state index in [1.807, 2.05) is 0 Å². The zero-order valence-corrected chi connectivity index (χ0v) is 12.3. The summed E-state index contributed by atoms with van der Waals surface area (Å²) in [4.78, 5) is 25.5. The summed E-state index contributed by atoms with van der Waals surface area (Å²) >= 11 is 0. The Bertz CT molecular complexity index is 536. The van der Waals surface area contributed by atoms with Crippen molar-refractivity contribution in [2.45, 2.75) is 12.8 Å². The lowest BCUT2D eigenvalue weighted by atomic mass is 9.96. The normalized spacial score (nSPS) is 15.6. The first kappa shape index (κ1) is 15.2. The number of likely N-dealkylation sites (tertiary alicyclic amines) is 1. The lowest BCUT2D eigenvalue weighted by molar-refractivity contribution is -0.123. The maximum absolute atomic E-state index is 12.6. The molecule has 1 aromatic carbocycles. The van der Waals surface area contributed by atoms with Crippen LogP contribution < -0.4 is 15.2 Å². The number of nitrogens with zero attached hydrogens (tertiary/aromatic N) is 1. The molecule has 2 rings (SSSR count). The molecule has 0 radical (unpaired) electrons.